The molecule has 1 aliphatic heterocycles. The van der Waals surface area contributed by atoms with Crippen molar-refractivity contribution < 1.29 is 0 Å². The molecule has 1 N–H and O–H groups in total. The second kappa shape index (κ2) is 7.24. The SMILES string of the molecule is CCCNC1CCN(C(C)CCC)CC1. The lowest BCUT2D eigenvalue weighted by Gasteiger charge is -2.36. The van der Waals surface area contributed by atoms with Gasteiger partial charge in [0.2, 0.25) is 0 Å². The summed E-state index contributed by atoms with van der Waals surface area (Å²) < 4.78 is 0. The predicted octanol–water partition coefficient (Wildman–Crippen LogP) is 2.64. The van der Waals surface area contributed by atoms with Gasteiger partial charge in [-0.05, 0) is 52.2 Å². The van der Waals surface area contributed by atoms with Crippen LogP contribution in [0.25, 0.3) is 0 Å². The van der Waals surface area contributed by atoms with Crippen LogP contribution in [0.5, 0.6) is 0 Å². The molecule has 0 aromatic carbocycles. The maximum Gasteiger partial charge on any atom is 0.00914 e. The molecule has 0 spiro atoms. The van der Waals surface area contributed by atoms with Crippen molar-refractivity contribution in [2.24, 2.45) is 0 Å². The molecule has 0 amide bonds. The third-order valence-corrected chi connectivity index (χ3v) is 3.54. The number of hydrogen-bond acceptors (Lipinski definition) is 2. The molecule has 0 aliphatic carbocycles. The van der Waals surface area contributed by atoms with Crippen LogP contribution in [-0.4, -0.2) is 36.6 Å². The van der Waals surface area contributed by atoms with Crippen LogP contribution in [0.2, 0.25) is 0 Å². The molecule has 90 valence electrons. The van der Waals surface area contributed by atoms with Gasteiger partial charge < -0.3 is 10.2 Å². The van der Waals surface area contributed by atoms with E-state index in [9.17, 15) is 0 Å². The number of likely N-dealkylation sites (tertiary alicyclic amines) is 1. The molecule has 1 atom stereocenters. The van der Waals surface area contributed by atoms with Gasteiger partial charge >= 0.3 is 0 Å². The van der Waals surface area contributed by atoms with Crippen LogP contribution in [-0.2, 0) is 0 Å². The molecule has 1 rings (SSSR count). The molecule has 1 aliphatic rings. The molecule has 2 nitrogen and oxygen atoms in total. The van der Waals surface area contributed by atoms with Gasteiger partial charge in [0, 0.05) is 12.1 Å². The molecule has 1 saturated heterocycles. The minimum Gasteiger partial charge on any atom is -0.314 e. The summed E-state index contributed by atoms with van der Waals surface area (Å²) in [5.74, 6) is 0. The largest absolute Gasteiger partial charge is 0.314 e. The maximum absolute atomic E-state index is 3.64. The predicted molar refractivity (Wildman–Crippen MR) is 67.3 cm³/mol. The van der Waals surface area contributed by atoms with E-state index in [1.807, 2.05) is 0 Å². The lowest BCUT2D eigenvalue weighted by Crippen LogP contribution is -2.45. The average Bonchev–Trinajstić information content (AvgIpc) is 2.27. The first-order valence-corrected chi connectivity index (χ1v) is 6.75. The average molecular weight is 212 g/mol. The van der Waals surface area contributed by atoms with Gasteiger partial charge in [-0.15, -0.1) is 0 Å². The molecule has 1 unspecified atom stereocenters. The normalized spacial score (nSPS) is 21.8. The summed E-state index contributed by atoms with van der Waals surface area (Å²) in [6.45, 7) is 10.7. The van der Waals surface area contributed by atoms with Crippen LogP contribution >= 0.6 is 0 Å². The van der Waals surface area contributed by atoms with E-state index < -0.39 is 0 Å². The van der Waals surface area contributed by atoms with Crippen LogP contribution in [0.1, 0.15) is 52.9 Å². The molecular formula is C13H28N2. The van der Waals surface area contributed by atoms with Gasteiger partial charge in [-0.25, -0.2) is 0 Å². The number of hydrogen-bond donors (Lipinski definition) is 1. The van der Waals surface area contributed by atoms with Crippen molar-refractivity contribution in [3.05, 3.63) is 0 Å². The Hall–Kier alpha value is -0.0800. The quantitative estimate of drug-likeness (QED) is 0.728. The molecule has 15 heavy (non-hydrogen) atoms. The monoisotopic (exact) mass is 212 g/mol. The molecular weight excluding hydrogens is 184 g/mol. The van der Waals surface area contributed by atoms with E-state index in [2.05, 4.69) is 31.0 Å². The molecule has 1 fully saturated rings. The van der Waals surface area contributed by atoms with Gasteiger partial charge in [0.05, 0.1) is 0 Å². The number of piperidine rings is 1. The van der Waals surface area contributed by atoms with E-state index in [1.165, 1.54) is 51.7 Å². The van der Waals surface area contributed by atoms with Gasteiger partial charge in [0.25, 0.3) is 0 Å². The lowest BCUT2D eigenvalue weighted by atomic mass is 10.0. The summed E-state index contributed by atoms with van der Waals surface area (Å²) >= 11 is 0. The fraction of sp³-hybridized carbons (Fsp3) is 1.00. The maximum atomic E-state index is 3.64. The highest BCUT2D eigenvalue weighted by Crippen LogP contribution is 2.15. The standard InChI is InChI=1S/C13H28N2/c1-4-6-12(3)15-10-7-13(8-11-15)14-9-5-2/h12-14H,4-11H2,1-3H3. The van der Waals surface area contributed by atoms with E-state index in [0.717, 1.165) is 12.1 Å². The van der Waals surface area contributed by atoms with Crippen molar-refractivity contribution in [2.45, 2.75) is 65.0 Å². The zero-order valence-corrected chi connectivity index (χ0v) is 10.8. The van der Waals surface area contributed by atoms with Crippen LogP contribution in [0.15, 0.2) is 0 Å². The highest BCUT2D eigenvalue weighted by atomic mass is 15.2. The molecule has 0 bridgehead atoms. The minimum absolute atomic E-state index is 0.787. The van der Waals surface area contributed by atoms with Crippen LogP contribution < -0.4 is 5.32 Å². The van der Waals surface area contributed by atoms with Gasteiger partial charge in [-0.1, -0.05) is 20.3 Å². The van der Waals surface area contributed by atoms with Crippen molar-refractivity contribution in [1.82, 2.24) is 10.2 Å². The lowest BCUT2D eigenvalue weighted by molar-refractivity contribution is 0.145. The Morgan fingerprint density at radius 1 is 1.20 bits per heavy atom. The molecule has 0 radical (unpaired) electrons. The topological polar surface area (TPSA) is 15.3 Å². The second-order valence-corrected chi connectivity index (χ2v) is 4.90. The summed E-state index contributed by atoms with van der Waals surface area (Å²) in [6, 6.07) is 1.58. The van der Waals surface area contributed by atoms with Crippen molar-refractivity contribution in [3.8, 4) is 0 Å². The van der Waals surface area contributed by atoms with Crippen molar-refractivity contribution >= 4 is 0 Å². The minimum atomic E-state index is 0.787. The fourth-order valence-electron chi connectivity index (χ4n) is 2.49. The number of nitrogens with zero attached hydrogens (tertiary/aromatic N) is 1. The first-order valence-electron chi connectivity index (χ1n) is 6.75. The van der Waals surface area contributed by atoms with Crippen LogP contribution in [0, 0.1) is 0 Å². The Labute approximate surface area is 95.4 Å². The van der Waals surface area contributed by atoms with E-state index in [0.29, 0.717) is 0 Å². The van der Waals surface area contributed by atoms with Crippen LogP contribution in [0.3, 0.4) is 0 Å². The highest BCUT2D eigenvalue weighted by molar-refractivity contribution is 4.79. The molecule has 2 heteroatoms. The highest BCUT2D eigenvalue weighted by Gasteiger charge is 2.21. The Bertz CT molecular complexity index is 151. The van der Waals surface area contributed by atoms with Gasteiger partial charge in [0.15, 0.2) is 0 Å². The molecule has 0 aromatic rings. The Morgan fingerprint density at radius 2 is 1.87 bits per heavy atom. The second-order valence-electron chi connectivity index (χ2n) is 4.90. The van der Waals surface area contributed by atoms with Crippen molar-refractivity contribution in [1.29, 1.82) is 0 Å². The summed E-state index contributed by atoms with van der Waals surface area (Å²) in [7, 11) is 0. The smallest absolute Gasteiger partial charge is 0.00914 e. The third kappa shape index (κ3) is 4.52. The first kappa shape index (κ1) is 13.0. The third-order valence-electron chi connectivity index (χ3n) is 3.54. The van der Waals surface area contributed by atoms with E-state index in [4.69, 9.17) is 0 Å². The molecule has 0 saturated carbocycles. The number of rotatable bonds is 6. The summed E-state index contributed by atoms with van der Waals surface area (Å²) in [5.41, 5.74) is 0. The van der Waals surface area contributed by atoms with Crippen molar-refractivity contribution in [3.63, 3.8) is 0 Å². The first-order chi connectivity index (χ1) is 7.27. The zero-order chi connectivity index (χ0) is 11.1. The van der Waals surface area contributed by atoms with Crippen LogP contribution in [0.4, 0.5) is 0 Å². The van der Waals surface area contributed by atoms with Crippen molar-refractivity contribution in [2.75, 3.05) is 19.6 Å². The Morgan fingerprint density at radius 3 is 2.40 bits per heavy atom. The van der Waals surface area contributed by atoms with E-state index in [1.54, 1.807) is 0 Å². The summed E-state index contributed by atoms with van der Waals surface area (Å²) in [5, 5.41) is 3.64. The Balaban J connectivity index is 2.17. The van der Waals surface area contributed by atoms with E-state index in [-0.39, 0.29) is 0 Å². The van der Waals surface area contributed by atoms with E-state index >= 15 is 0 Å². The fourth-order valence-corrected chi connectivity index (χ4v) is 2.49. The molecule has 0 aromatic heterocycles. The number of nitrogens with one attached hydrogen (secondary N) is 1. The zero-order valence-electron chi connectivity index (χ0n) is 10.8. The van der Waals surface area contributed by atoms with Gasteiger partial charge in [-0.3, -0.25) is 0 Å². The van der Waals surface area contributed by atoms with Gasteiger partial charge in [0.1, 0.15) is 0 Å². The summed E-state index contributed by atoms with van der Waals surface area (Å²) in [4.78, 5) is 2.66. The molecule has 1 heterocycles. The summed E-state index contributed by atoms with van der Waals surface area (Å²) in [6.07, 6.45) is 6.61. The Kier molecular flexibility index (Phi) is 6.26. The van der Waals surface area contributed by atoms with Gasteiger partial charge in [-0.2, -0.15) is 0 Å².